The van der Waals surface area contributed by atoms with E-state index >= 15 is 0 Å². The van der Waals surface area contributed by atoms with Crippen molar-refractivity contribution in [2.75, 3.05) is 6.54 Å². The normalized spacial score (nSPS) is 14.3. The molecule has 0 aromatic heterocycles. The van der Waals surface area contributed by atoms with Crippen molar-refractivity contribution in [2.45, 2.75) is 25.4 Å². The molecule has 4 rings (SSSR count). The van der Waals surface area contributed by atoms with Crippen molar-refractivity contribution in [3.63, 3.8) is 0 Å². The van der Waals surface area contributed by atoms with Crippen LogP contribution >= 0.6 is 0 Å². The first-order valence-electron chi connectivity index (χ1n) is 11.6. The number of carbonyl (C=O) groups is 4. The van der Waals surface area contributed by atoms with Crippen LogP contribution in [0.25, 0.3) is 11.1 Å². The van der Waals surface area contributed by atoms with Crippen molar-refractivity contribution in [2.24, 2.45) is 5.92 Å². The van der Waals surface area contributed by atoms with Crippen molar-refractivity contribution < 1.29 is 37.8 Å². The zero-order valence-electron chi connectivity index (χ0n) is 19.6. The third-order valence-corrected chi connectivity index (χ3v) is 6.41. The average molecular weight is 507 g/mol. The molecular formula is C28H23F2NO6. The van der Waals surface area contributed by atoms with Crippen LogP contribution in [0.1, 0.15) is 39.1 Å². The molecule has 0 fully saturated rings. The predicted molar refractivity (Wildman–Crippen MR) is 129 cm³/mol. The minimum absolute atomic E-state index is 0.0939. The van der Waals surface area contributed by atoms with Gasteiger partial charge in [0.15, 0.2) is 0 Å². The number of amides is 2. The standard InChI is InChI=1S/C28H23F2NO6/c29-20-13-19(14-21(30)15-20)18-8-5-17(6-9-18)7-10-25(37-16-32)24(28(35)36)11-12-31-26(33)22-3-1-2-4-23(22)27(31)34/h1-6,8-9,13-16,24-25H,7,10-12H2,(H,35,36)/t24-,25+/m0/s1. The van der Waals surface area contributed by atoms with E-state index < -0.39 is 41.4 Å². The summed E-state index contributed by atoms with van der Waals surface area (Å²) < 4.78 is 32.1. The van der Waals surface area contributed by atoms with Crippen LogP contribution in [-0.2, 0) is 20.7 Å². The van der Waals surface area contributed by atoms with E-state index in [0.717, 1.165) is 16.5 Å². The molecule has 3 aromatic carbocycles. The number of hydrogen-bond donors (Lipinski definition) is 1. The minimum Gasteiger partial charge on any atom is -0.481 e. The summed E-state index contributed by atoms with van der Waals surface area (Å²) in [7, 11) is 0. The zero-order valence-corrected chi connectivity index (χ0v) is 19.6. The fraction of sp³-hybridized carbons (Fsp3) is 0.214. The molecule has 1 aliphatic rings. The van der Waals surface area contributed by atoms with Gasteiger partial charge in [-0.15, -0.1) is 0 Å². The van der Waals surface area contributed by atoms with E-state index in [9.17, 15) is 33.1 Å². The molecule has 9 heteroatoms. The summed E-state index contributed by atoms with van der Waals surface area (Å²) in [5, 5.41) is 9.81. The van der Waals surface area contributed by atoms with E-state index in [-0.39, 0.29) is 37.0 Å². The first-order chi connectivity index (χ1) is 17.8. The number of aliphatic carboxylic acids is 1. The van der Waals surface area contributed by atoms with E-state index in [2.05, 4.69) is 0 Å². The summed E-state index contributed by atoms with van der Waals surface area (Å²) >= 11 is 0. The van der Waals surface area contributed by atoms with Crippen LogP contribution in [0.2, 0.25) is 0 Å². The Balaban J connectivity index is 1.41. The van der Waals surface area contributed by atoms with E-state index in [4.69, 9.17) is 4.74 Å². The first kappa shape index (κ1) is 25.7. The molecule has 0 unspecified atom stereocenters. The molecule has 7 nitrogen and oxygen atoms in total. The van der Waals surface area contributed by atoms with Gasteiger partial charge < -0.3 is 9.84 Å². The number of nitrogens with zero attached hydrogens (tertiary/aromatic N) is 1. The van der Waals surface area contributed by atoms with Gasteiger partial charge in [-0.2, -0.15) is 0 Å². The summed E-state index contributed by atoms with van der Waals surface area (Å²) in [4.78, 5) is 49.3. The largest absolute Gasteiger partial charge is 0.481 e. The summed E-state index contributed by atoms with van der Waals surface area (Å²) in [6.45, 7) is 0.0468. The summed E-state index contributed by atoms with van der Waals surface area (Å²) in [5.41, 5.74) is 2.32. The second-order valence-electron chi connectivity index (χ2n) is 8.71. The molecule has 1 aliphatic heterocycles. The van der Waals surface area contributed by atoms with Gasteiger partial charge in [-0.3, -0.25) is 24.1 Å². The maximum absolute atomic E-state index is 13.5. The van der Waals surface area contributed by atoms with Gasteiger partial charge in [-0.25, -0.2) is 8.78 Å². The summed E-state index contributed by atoms with van der Waals surface area (Å²) in [6.07, 6.45) is -0.565. The Kier molecular flexibility index (Phi) is 7.71. The first-order valence-corrected chi connectivity index (χ1v) is 11.6. The Labute approximate surface area is 211 Å². The molecule has 1 heterocycles. The smallest absolute Gasteiger partial charge is 0.310 e. The van der Waals surface area contributed by atoms with Crippen LogP contribution in [0.5, 0.6) is 0 Å². The lowest BCUT2D eigenvalue weighted by Crippen LogP contribution is -2.37. The average Bonchev–Trinajstić information content (AvgIpc) is 3.11. The molecule has 3 aromatic rings. The molecule has 2 amide bonds. The minimum atomic E-state index is -1.22. The number of fused-ring (bicyclic) bond motifs is 1. The van der Waals surface area contributed by atoms with Crippen LogP contribution < -0.4 is 0 Å². The van der Waals surface area contributed by atoms with E-state index in [0.29, 0.717) is 17.5 Å². The van der Waals surface area contributed by atoms with Gasteiger partial charge in [-0.05, 0) is 60.2 Å². The fourth-order valence-electron chi connectivity index (χ4n) is 4.51. The molecular weight excluding hydrogens is 484 g/mol. The molecule has 0 radical (unpaired) electrons. The van der Waals surface area contributed by atoms with E-state index in [1.165, 1.54) is 12.1 Å². The van der Waals surface area contributed by atoms with Gasteiger partial charge in [0.2, 0.25) is 0 Å². The molecule has 190 valence electrons. The number of carboxylic acids is 1. The second kappa shape index (κ2) is 11.1. The van der Waals surface area contributed by atoms with Gasteiger partial charge >= 0.3 is 5.97 Å². The molecule has 1 N–H and O–H groups in total. The highest BCUT2D eigenvalue weighted by molar-refractivity contribution is 6.21. The molecule has 0 saturated heterocycles. The van der Waals surface area contributed by atoms with Crippen LogP contribution in [0, 0.1) is 17.6 Å². The summed E-state index contributed by atoms with van der Waals surface area (Å²) in [6, 6.07) is 16.5. The number of hydrogen-bond acceptors (Lipinski definition) is 5. The Morgan fingerprint density at radius 1 is 0.892 bits per heavy atom. The number of carbonyl (C=O) groups excluding carboxylic acids is 3. The van der Waals surface area contributed by atoms with Gasteiger partial charge in [0.25, 0.3) is 18.3 Å². The number of rotatable bonds is 11. The second-order valence-corrected chi connectivity index (χ2v) is 8.71. The molecule has 0 saturated carbocycles. The van der Waals surface area contributed by atoms with E-state index in [1.807, 2.05) is 0 Å². The lowest BCUT2D eigenvalue weighted by atomic mass is 9.92. The highest BCUT2D eigenvalue weighted by Crippen LogP contribution is 2.26. The molecule has 0 aliphatic carbocycles. The van der Waals surface area contributed by atoms with Crippen molar-refractivity contribution in [1.82, 2.24) is 4.90 Å². The van der Waals surface area contributed by atoms with Crippen molar-refractivity contribution in [3.05, 3.63) is 95.1 Å². The lowest BCUT2D eigenvalue weighted by Gasteiger charge is -2.24. The van der Waals surface area contributed by atoms with Crippen LogP contribution in [0.15, 0.2) is 66.7 Å². The Morgan fingerprint density at radius 3 is 2.03 bits per heavy atom. The maximum Gasteiger partial charge on any atom is 0.310 e. The Bertz CT molecular complexity index is 1290. The van der Waals surface area contributed by atoms with Gasteiger partial charge in [0.05, 0.1) is 17.0 Å². The maximum atomic E-state index is 13.5. The third kappa shape index (κ3) is 5.72. The Morgan fingerprint density at radius 2 is 1.49 bits per heavy atom. The van der Waals surface area contributed by atoms with E-state index in [1.54, 1.807) is 48.5 Å². The molecule has 37 heavy (non-hydrogen) atoms. The lowest BCUT2D eigenvalue weighted by molar-refractivity contribution is -0.151. The number of imide groups is 1. The number of halogens is 2. The van der Waals surface area contributed by atoms with Gasteiger partial charge in [-0.1, -0.05) is 36.4 Å². The molecule has 0 spiro atoms. The third-order valence-electron chi connectivity index (χ3n) is 6.41. The van der Waals surface area contributed by atoms with Crippen molar-refractivity contribution in [1.29, 1.82) is 0 Å². The van der Waals surface area contributed by atoms with Gasteiger partial charge in [0, 0.05) is 12.6 Å². The van der Waals surface area contributed by atoms with Crippen molar-refractivity contribution >= 4 is 24.3 Å². The highest BCUT2D eigenvalue weighted by atomic mass is 19.1. The van der Waals surface area contributed by atoms with Crippen LogP contribution in [-0.4, -0.2) is 46.9 Å². The van der Waals surface area contributed by atoms with Gasteiger partial charge in [0.1, 0.15) is 17.7 Å². The number of carboxylic acid groups (broad SMARTS) is 1. The number of ether oxygens (including phenoxy) is 1. The molecule has 0 bridgehead atoms. The van der Waals surface area contributed by atoms with Crippen molar-refractivity contribution in [3.8, 4) is 11.1 Å². The van der Waals surface area contributed by atoms with Crippen LogP contribution in [0.4, 0.5) is 8.78 Å². The molecule has 2 atom stereocenters. The fourth-order valence-corrected chi connectivity index (χ4v) is 4.51. The topological polar surface area (TPSA) is 101 Å². The number of aryl methyl sites for hydroxylation is 1. The monoisotopic (exact) mass is 507 g/mol. The predicted octanol–water partition coefficient (Wildman–Crippen LogP) is 4.49. The summed E-state index contributed by atoms with van der Waals surface area (Å²) in [5.74, 6) is -4.72. The Hall–Kier alpha value is -4.40. The van der Waals surface area contributed by atoms with Crippen LogP contribution in [0.3, 0.4) is 0 Å². The highest BCUT2D eigenvalue weighted by Gasteiger charge is 2.37. The number of benzene rings is 3. The quantitative estimate of drug-likeness (QED) is 0.303. The SMILES string of the molecule is O=CO[C@H](CCc1ccc(-c2cc(F)cc(F)c2)cc1)[C@H](CCN1C(=O)c2ccccc2C1=O)C(=O)O. The zero-order chi connectivity index (χ0) is 26.5.